The minimum Gasteiger partial charge on any atom is -0.363 e. The fourth-order valence-corrected chi connectivity index (χ4v) is 2.55. The summed E-state index contributed by atoms with van der Waals surface area (Å²) in [5.41, 5.74) is 4.90. The fraction of sp³-hybridized carbons (Fsp3) is 0.400. The van der Waals surface area contributed by atoms with Crippen molar-refractivity contribution in [3.63, 3.8) is 0 Å². The standard InChI is InChI=1S/C15H19N5/c1-6-11-8-12(19(4)5)20-15(17-11)13-9(2)7-10(3)16-14(13)18-20/h7-8H,6H2,1-5H3. The van der Waals surface area contributed by atoms with E-state index in [4.69, 9.17) is 4.98 Å². The monoisotopic (exact) mass is 269 g/mol. The molecule has 20 heavy (non-hydrogen) atoms. The van der Waals surface area contributed by atoms with E-state index in [1.807, 2.05) is 25.5 Å². The van der Waals surface area contributed by atoms with Crippen molar-refractivity contribution in [2.24, 2.45) is 0 Å². The Balaban J connectivity index is 2.50. The Bertz CT molecular complexity index is 801. The second-order valence-electron chi connectivity index (χ2n) is 5.37. The lowest BCUT2D eigenvalue weighted by Gasteiger charge is -2.14. The van der Waals surface area contributed by atoms with Crippen LogP contribution in [0.1, 0.15) is 23.9 Å². The third kappa shape index (κ3) is 1.81. The van der Waals surface area contributed by atoms with E-state index >= 15 is 0 Å². The van der Waals surface area contributed by atoms with Crippen LogP contribution in [-0.2, 0) is 6.42 Å². The molecule has 104 valence electrons. The highest BCUT2D eigenvalue weighted by Gasteiger charge is 2.15. The molecule has 0 amide bonds. The van der Waals surface area contributed by atoms with Gasteiger partial charge in [-0.2, -0.15) is 4.52 Å². The van der Waals surface area contributed by atoms with Crippen molar-refractivity contribution in [1.29, 1.82) is 0 Å². The van der Waals surface area contributed by atoms with Gasteiger partial charge in [0, 0.05) is 31.5 Å². The van der Waals surface area contributed by atoms with Gasteiger partial charge in [0.05, 0.1) is 5.39 Å². The number of nitrogens with zero attached hydrogens (tertiary/aromatic N) is 5. The molecule has 0 aromatic carbocycles. The second-order valence-corrected chi connectivity index (χ2v) is 5.37. The SMILES string of the molecule is CCc1cc(N(C)C)n2nc3nc(C)cc(C)c3c2n1. The zero-order valence-electron chi connectivity index (χ0n) is 12.6. The summed E-state index contributed by atoms with van der Waals surface area (Å²) in [5, 5.41) is 5.68. The highest BCUT2D eigenvalue weighted by molar-refractivity contribution is 5.93. The topological polar surface area (TPSA) is 46.3 Å². The smallest absolute Gasteiger partial charge is 0.184 e. The maximum Gasteiger partial charge on any atom is 0.184 e. The van der Waals surface area contributed by atoms with Crippen molar-refractivity contribution in [3.8, 4) is 0 Å². The summed E-state index contributed by atoms with van der Waals surface area (Å²) in [6, 6.07) is 4.17. The van der Waals surface area contributed by atoms with Crippen LogP contribution in [0.2, 0.25) is 0 Å². The molecular formula is C15H19N5. The van der Waals surface area contributed by atoms with E-state index in [2.05, 4.69) is 41.0 Å². The summed E-state index contributed by atoms with van der Waals surface area (Å²) >= 11 is 0. The molecule has 5 heteroatoms. The molecule has 3 rings (SSSR count). The number of fused-ring (bicyclic) bond motifs is 3. The second kappa shape index (κ2) is 4.44. The first-order valence-electron chi connectivity index (χ1n) is 6.85. The molecule has 0 fully saturated rings. The van der Waals surface area contributed by atoms with E-state index in [-0.39, 0.29) is 0 Å². The quantitative estimate of drug-likeness (QED) is 0.717. The Hall–Kier alpha value is -2.17. The van der Waals surface area contributed by atoms with Gasteiger partial charge in [0.1, 0.15) is 5.82 Å². The molecule has 0 unspecified atom stereocenters. The predicted molar refractivity (Wildman–Crippen MR) is 81.5 cm³/mol. The van der Waals surface area contributed by atoms with Gasteiger partial charge in [0.2, 0.25) is 0 Å². The highest BCUT2D eigenvalue weighted by atomic mass is 15.3. The van der Waals surface area contributed by atoms with Gasteiger partial charge in [-0.25, -0.2) is 9.97 Å². The van der Waals surface area contributed by atoms with Crippen LogP contribution < -0.4 is 4.90 Å². The molecule has 0 radical (unpaired) electrons. The van der Waals surface area contributed by atoms with Crippen LogP contribution in [0.3, 0.4) is 0 Å². The molecule has 0 saturated carbocycles. The molecule has 5 nitrogen and oxygen atoms in total. The van der Waals surface area contributed by atoms with Gasteiger partial charge in [-0.3, -0.25) is 0 Å². The molecular weight excluding hydrogens is 250 g/mol. The fourth-order valence-electron chi connectivity index (χ4n) is 2.55. The summed E-state index contributed by atoms with van der Waals surface area (Å²) in [5.74, 6) is 1.03. The average molecular weight is 269 g/mol. The van der Waals surface area contributed by atoms with Gasteiger partial charge in [-0.15, -0.1) is 5.10 Å². The molecule has 0 N–H and O–H groups in total. The number of pyridine rings is 1. The highest BCUT2D eigenvalue weighted by Crippen LogP contribution is 2.25. The first kappa shape index (κ1) is 12.8. The molecule has 0 aliphatic rings. The lowest BCUT2D eigenvalue weighted by molar-refractivity contribution is 0.882. The predicted octanol–water partition coefficient (Wildman–Crippen LogP) is 2.52. The summed E-state index contributed by atoms with van der Waals surface area (Å²) in [7, 11) is 4.04. The van der Waals surface area contributed by atoms with E-state index in [1.54, 1.807) is 0 Å². The van der Waals surface area contributed by atoms with Crippen molar-refractivity contribution in [2.75, 3.05) is 19.0 Å². The van der Waals surface area contributed by atoms with Crippen molar-refractivity contribution in [3.05, 3.63) is 29.1 Å². The molecule has 0 saturated heterocycles. The molecule has 0 bridgehead atoms. The summed E-state index contributed by atoms with van der Waals surface area (Å²) in [6.07, 6.45) is 0.905. The van der Waals surface area contributed by atoms with Crippen LogP contribution in [0.25, 0.3) is 16.7 Å². The zero-order chi connectivity index (χ0) is 14.4. The van der Waals surface area contributed by atoms with Crippen molar-refractivity contribution in [1.82, 2.24) is 19.6 Å². The Morgan fingerprint density at radius 3 is 2.55 bits per heavy atom. The van der Waals surface area contributed by atoms with Gasteiger partial charge in [0.15, 0.2) is 11.3 Å². The lowest BCUT2D eigenvalue weighted by Crippen LogP contribution is -2.15. The molecule has 3 aromatic rings. The third-order valence-electron chi connectivity index (χ3n) is 3.53. The Morgan fingerprint density at radius 2 is 1.90 bits per heavy atom. The van der Waals surface area contributed by atoms with Crippen LogP contribution in [0.5, 0.6) is 0 Å². The number of rotatable bonds is 2. The van der Waals surface area contributed by atoms with Crippen LogP contribution in [0.4, 0.5) is 5.82 Å². The van der Waals surface area contributed by atoms with Crippen LogP contribution in [-0.4, -0.2) is 33.7 Å². The molecule has 3 heterocycles. The number of aromatic nitrogens is 4. The molecule has 0 aliphatic heterocycles. The van der Waals surface area contributed by atoms with Gasteiger partial charge in [0.25, 0.3) is 0 Å². The van der Waals surface area contributed by atoms with E-state index in [9.17, 15) is 0 Å². The number of hydrogen-bond donors (Lipinski definition) is 0. The molecule has 0 aliphatic carbocycles. The van der Waals surface area contributed by atoms with Crippen LogP contribution >= 0.6 is 0 Å². The van der Waals surface area contributed by atoms with Crippen molar-refractivity contribution < 1.29 is 0 Å². The van der Waals surface area contributed by atoms with E-state index in [0.29, 0.717) is 0 Å². The first-order chi connectivity index (χ1) is 9.51. The summed E-state index contributed by atoms with van der Waals surface area (Å²) < 4.78 is 1.89. The van der Waals surface area contributed by atoms with Gasteiger partial charge in [-0.05, 0) is 31.9 Å². The first-order valence-corrected chi connectivity index (χ1v) is 6.85. The van der Waals surface area contributed by atoms with Crippen LogP contribution in [0, 0.1) is 13.8 Å². The minimum absolute atomic E-state index is 0.770. The van der Waals surface area contributed by atoms with Gasteiger partial charge >= 0.3 is 0 Å². The number of aryl methyl sites for hydroxylation is 3. The van der Waals surface area contributed by atoms with E-state index in [0.717, 1.165) is 40.3 Å². The summed E-state index contributed by atoms with van der Waals surface area (Å²) in [4.78, 5) is 11.3. The summed E-state index contributed by atoms with van der Waals surface area (Å²) in [6.45, 7) is 6.20. The average Bonchev–Trinajstić information content (AvgIpc) is 2.74. The Kier molecular flexibility index (Phi) is 2.85. The number of anilines is 1. The maximum atomic E-state index is 4.75. The third-order valence-corrected chi connectivity index (χ3v) is 3.53. The Labute approximate surface area is 118 Å². The van der Waals surface area contributed by atoms with Crippen LogP contribution in [0.15, 0.2) is 12.1 Å². The zero-order valence-corrected chi connectivity index (χ0v) is 12.6. The van der Waals surface area contributed by atoms with Crippen molar-refractivity contribution >= 4 is 22.5 Å². The van der Waals surface area contributed by atoms with Gasteiger partial charge < -0.3 is 4.90 Å². The largest absolute Gasteiger partial charge is 0.363 e. The van der Waals surface area contributed by atoms with E-state index < -0.39 is 0 Å². The van der Waals surface area contributed by atoms with Crippen molar-refractivity contribution in [2.45, 2.75) is 27.2 Å². The van der Waals surface area contributed by atoms with E-state index in [1.165, 1.54) is 5.56 Å². The maximum absolute atomic E-state index is 4.75. The Morgan fingerprint density at radius 1 is 1.15 bits per heavy atom. The molecule has 0 atom stereocenters. The molecule has 3 aromatic heterocycles. The number of hydrogen-bond acceptors (Lipinski definition) is 4. The molecule has 0 spiro atoms. The van der Waals surface area contributed by atoms with Gasteiger partial charge in [-0.1, -0.05) is 6.92 Å². The minimum atomic E-state index is 0.770. The normalized spacial score (nSPS) is 11.4. The lowest BCUT2D eigenvalue weighted by atomic mass is 10.2.